The molecular weight excluding hydrogens is 410 g/mol. The summed E-state index contributed by atoms with van der Waals surface area (Å²) in [5.41, 5.74) is 5.72. The highest BCUT2D eigenvalue weighted by Gasteiger charge is 2.41. The lowest BCUT2D eigenvalue weighted by atomic mass is 9.97. The highest BCUT2D eigenvalue weighted by atomic mass is 35.5. The molecule has 1 aromatic heterocycles. The van der Waals surface area contributed by atoms with Crippen molar-refractivity contribution in [2.75, 3.05) is 33.4 Å². The Morgan fingerprint density at radius 2 is 2.13 bits per heavy atom. The molecule has 30 heavy (non-hydrogen) atoms. The average molecular weight is 434 g/mol. The summed E-state index contributed by atoms with van der Waals surface area (Å²) in [6, 6.07) is 8.46. The number of morpholine rings is 1. The van der Waals surface area contributed by atoms with Crippen LogP contribution in [0.3, 0.4) is 0 Å². The van der Waals surface area contributed by atoms with Crippen molar-refractivity contribution >= 4 is 23.4 Å². The number of carbonyl (C=O) groups excluding carboxylic acids is 2. The summed E-state index contributed by atoms with van der Waals surface area (Å²) >= 11 is 6.06. The van der Waals surface area contributed by atoms with Gasteiger partial charge in [-0.25, -0.2) is 4.98 Å². The van der Waals surface area contributed by atoms with Gasteiger partial charge in [-0.1, -0.05) is 11.6 Å². The highest BCUT2D eigenvalue weighted by Crippen LogP contribution is 2.27. The molecule has 9 heteroatoms. The first-order valence-electron chi connectivity index (χ1n) is 9.42. The predicted molar refractivity (Wildman–Crippen MR) is 111 cm³/mol. The fourth-order valence-electron chi connectivity index (χ4n) is 3.34. The Hall–Kier alpha value is -2.84. The average Bonchev–Trinajstić information content (AvgIpc) is 2.74. The van der Waals surface area contributed by atoms with E-state index in [-0.39, 0.29) is 32.1 Å². The molecule has 2 aromatic rings. The van der Waals surface area contributed by atoms with Crippen LogP contribution in [0.25, 0.3) is 0 Å². The number of nitrogens with zero attached hydrogens (tertiary/aromatic N) is 2. The summed E-state index contributed by atoms with van der Waals surface area (Å²) in [7, 11) is 1.49. The summed E-state index contributed by atoms with van der Waals surface area (Å²) in [6.45, 7) is 2.72. The van der Waals surface area contributed by atoms with Gasteiger partial charge < -0.3 is 24.8 Å². The lowest BCUT2D eigenvalue weighted by Gasteiger charge is -2.42. The van der Waals surface area contributed by atoms with E-state index >= 15 is 0 Å². The SMILES string of the molecule is COc1cc(C(=O)N2CCO[C@@](COc3ccc(Cl)c(C)c3)(CC(N)=O)C2)ccn1. The number of pyridine rings is 1. The van der Waals surface area contributed by atoms with Gasteiger partial charge in [-0.15, -0.1) is 0 Å². The summed E-state index contributed by atoms with van der Waals surface area (Å²) in [5.74, 6) is 0.187. The van der Waals surface area contributed by atoms with Gasteiger partial charge in [-0.05, 0) is 36.8 Å². The van der Waals surface area contributed by atoms with Gasteiger partial charge in [0.1, 0.15) is 18.0 Å². The fraction of sp³-hybridized carbons (Fsp3) is 0.381. The number of amides is 2. The van der Waals surface area contributed by atoms with E-state index < -0.39 is 11.5 Å². The third kappa shape index (κ3) is 5.20. The monoisotopic (exact) mass is 433 g/mol. The van der Waals surface area contributed by atoms with E-state index in [1.165, 1.54) is 13.3 Å². The van der Waals surface area contributed by atoms with Crippen LogP contribution in [-0.2, 0) is 9.53 Å². The van der Waals surface area contributed by atoms with Gasteiger partial charge in [0.05, 0.1) is 26.7 Å². The van der Waals surface area contributed by atoms with Crippen molar-refractivity contribution in [3.63, 3.8) is 0 Å². The number of primary amides is 1. The molecule has 160 valence electrons. The summed E-state index contributed by atoms with van der Waals surface area (Å²) in [4.78, 5) is 30.4. The Balaban J connectivity index is 1.78. The molecule has 1 atom stereocenters. The van der Waals surface area contributed by atoms with Crippen molar-refractivity contribution in [3.05, 3.63) is 52.7 Å². The second-order valence-electron chi connectivity index (χ2n) is 7.19. The molecule has 3 rings (SSSR count). The van der Waals surface area contributed by atoms with Crippen molar-refractivity contribution in [2.45, 2.75) is 18.9 Å². The lowest BCUT2D eigenvalue weighted by molar-refractivity contribution is -0.142. The largest absolute Gasteiger partial charge is 0.490 e. The Kier molecular flexibility index (Phi) is 6.79. The highest BCUT2D eigenvalue weighted by molar-refractivity contribution is 6.31. The number of nitrogens with two attached hydrogens (primary N) is 1. The number of halogens is 1. The van der Waals surface area contributed by atoms with Crippen LogP contribution in [-0.4, -0.2) is 60.7 Å². The van der Waals surface area contributed by atoms with E-state index in [4.69, 9.17) is 31.5 Å². The number of methoxy groups -OCH3 is 1. The van der Waals surface area contributed by atoms with Crippen LogP contribution in [0.15, 0.2) is 36.5 Å². The zero-order valence-corrected chi connectivity index (χ0v) is 17.6. The third-order valence-electron chi connectivity index (χ3n) is 4.85. The summed E-state index contributed by atoms with van der Waals surface area (Å²) < 4.78 is 16.9. The van der Waals surface area contributed by atoms with Crippen molar-refractivity contribution in [2.24, 2.45) is 5.73 Å². The van der Waals surface area contributed by atoms with Gasteiger partial charge >= 0.3 is 0 Å². The van der Waals surface area contributed by atoms with E-state index in [0.29, 0.717) is 28.8 Å². The maximum Gasteiger partial charge on any atom is 0.254 e. The number of carbonyl (C=O) groups is 2. The maximum atomic E-state index is 13.0. The Bertz CT molecular complexity index is 939. The second kappa shape index (κ2) is 9.32. The van der Waals surface area contributed by atoms with E-state index in [2.05, 4.69) is 4.98 Å². The number of hydrogen-bond donors (Lipinski definition) is 1. The predicted octanol–water partition coefficient (Wildman–Crippen LogP) is 2.22. The van der Waals surface area contributed by atoms with Gasteiger partial charge in [-0.2, -0.15) is 0 Å². The van der Waals surface area contributed by atoms with Crippen molar-refractivity contribution in [1.29, 1.82) is 0 Å². The first-order valence-corrected chi connectivity index (χ1v) is 9.80. The van der Waals surface area contributed by atoms with Crippen LogP contribution in [0, 0.1) is 6.92 Å². The van der Waals surface area contributed by atoms with E-state index in [0.717, 1.165) is 5.56 Å². The first kappa shape index (κ1) is 21.9. The van der Waals surface area contributed by atoms with Gasteiger partial charge in [0.25, 0.3) is 5.91 Å². The number of benzene rings is 1. The van der Waals surface area contributed by atoms with Crippen LogP contribution in [0.2, 0.25) is 5.02 Å². The zero-order valence-electron chi connectivity index (χ0n) is 16.9. The lowest BCUT2D eigenvalue weighted by Crippen LogP contribution is -2.58. The van der Waals surface area contributed by atoms with E-state index in [1.807, 2.05) is 6.92 Å². The van der Waals surface area contributed by atoms with Crippen LogP contribution in [0.1, 0.15) is 22.3 Å². The van der Waals surface area contributed by atoms with Gasteiger partial charge in [-0.3, -0.25) is 9.59 Å². The Morgan fingerprint density at radius 1 is 1.33 bits per heavy atom. The van der Waals surface area contributed by atoms with Gasteiger partial charge in [0.15, 0.2) is 0 Å². The Labute approximate surface area is 179 Å². The number of rotatable bonds is 7. The molecule has 0 radical (unpaired) electrons. The van der Waals surface area contributed by atoms with E-state index in [9.17, 15) is 9.59 Å². The quantitative estimate of drug-likeness (QED) is 0.718. The molecule has 0 bridgehead atoms. The molecule has 0 aliphatic carbocycles. The van der Waals surface area contributed by atoms with Gasteiger partial charge in [0.2, 0.25) is 11.8 Å². The number of hydrogen-bond acceptors (Lipinski definition) is 6. The molecule has 1 aromatic carbocycles. The molecule has 1 saturated heterocycles. The van der Waals surface area contributed by atoms with Crippen molar-refractivity contribution in [3.8, 4) is 11.6 Å². The molecule has 0 saturated carbocycles. The summed E-state index contributed by atoms with van der Waals surface area (Å²) in [6.07, 6.45) is 1.43. The third-order valence-corrected chi connectivity index (χ3v) is 5.28. The maximum absolute atomic E-state index is 13.0. The van der Waals surface area contributed by atoms with Gasteiger partial charge in [0, 0.05) is 29.4 Å². The number of aryl methyl sites for hydroxylation is 1. The Morgan fingerprint density at radius 3 is 2.83 bits per heavy atom. The minimum atomic E-state index is -1.05. The normalized spacial score (nSPS) is 18.7. The minimum Gasteiger partial charge on any atom is -0.490 e. The first-order chi connectivity index (χ1) is 14.3. The topological polar surface area (TPSA) is 104 Å². The fourth-order valence-corrected chi connectivity index (χ4v) is 3.46. The second-order valence-corrected chi connectivity index (χ2v) is 7.60. The van der Waals surface area contributed by atoms with Crippen molar-refractivity contribution in [1.82, 2.24) is 9.88 Å². The minimum absolute atomic E-state index is 0.0560. The molecule has 2 N–H and O–H groups in total. The molecule has 2 amide bonds. The van der Waals surface area contributed by atoms with Crippen LogP contribution < -0.4 is 15.2 Å². The number of aromatic nitrogens is 1. The molecule has 1 aliphatic heterocycles. The zero-order chi connectivity index (χ0) is 21.7. The smallest absolute Gasteiger partial charge is 0.254 e. The molecule has 0 spiro atoms. The molecule has 2 heterocycles. The molecule has 1 fully saturated rings. The molecule has 1 aliphatic rings. The number of ether oxygens (including phenoxy) is 3. The standard InChI is InChI=1S/C21H24ClN3O5/c1-14-9-16(3-4-17(14)22)29-13-21(11-18(23)26)12-25(7-8-30-21)20(27)15-5-6-24-19(10-15)28-2/h3-6,9-10H,7-8,11-13H2,1-2H3,(H2,23,26)/t21-/m0/s1. The van der Waals surface area contributed by atoms with Crippen LogP contribution >= 0.6 is 11.6 Å². The van der Waals surface area contributed by atoms with Crippen molar-refractivity contribution < 1.29 is 23.8 Å². The summed E-state index contributed by atoms with van der Waals surface area (Å²) in [5, 5.41) is 0.632. The van der Waals surface area contributed by atoms with Crippen LogP contribution in [0.4, 0.5) is 0 Å². The molecular formula is C21H24ClN3O5. The van der Waals surface area contributed by atoms with Crippen LogP contribution in [0.5, 0.6) is 11.6 Å². The van der Waals surface area contributed by atoms with E-state index in [1.54, 1.807) is 35.2 Å². The molecule has 0 unspecified atom stereocenters. The molecule has 8 nitrogen and oxygen atoms in total.